The Labute approximate surface area is 194 Å². The van der Waals surface area contributed by atoms with Gasteiger partial charge in [0, 0.05) is 43.6 Å². The van der Waals surface area contributed by atoms with Gasteiger partial charge in [0.2, 0.25) is 5.91 Å². The molecule has 0 atom stereocenters. The zero-order valence-corrected chi connectivity index (χ0v) is 19.6. The van der Waals surface area contributed by atoms with Gasteiger partial charge in [-0.3, -0.25) is 19.6 Å². The lowest BCUT2D eigenvalue weighted by Crippen LogP contribution is -2.40. The van der Waals surface area contributed by atoms with Crippen LogP contribution in [-0.2, 0) is 24.3 Å². The van der Waals surface area contributed by atoms with Crippen LogP contribution in [0, 0.1) is 6.92 Å². The number of hydrogen-bond donors (Lipinski definition) is 1. The second-order valence-electron chi connectivity index (χ2n) is 9.60. The molecule has 2 aliphatic rings. The number of nitrogens with one attached hydrogen (secondary N) is 1. The van der Waals surface area contributed by atoms with Crippen LogP contribution in [0.15, 0.2) is 35.1 Å². The van der Waals surface area contributed by atoms with Gasteiger partial charge in [-0.05, 0) is 44.8 Å². The minimum Gasteiger partial charge on any atom is -0.338 e. The molecule has 0 bridgehead atoms. The van der Waals surface area contributed by atoms with Crippen molar-refractivity contribution < 1.29 is 4.79 Å². The minimum atomic E-state index is -0.0628. The lowest BCUT2D eigenvalue weighted by Gasteiger charge is -2.31. The number of amides is 1. The topological polar surface area (TPSA) is 73.7 Å². The van der Waals surface area contributed by atoms with Crippen molar-refractivity contribution in [3.63, 3.8) is 0 Å². The molecule has 2 aromatic heterocycles. The van der Waals surface area contributed by atoms with Crippen LogP contribution in [0.1, 0.15) is 66.6 Å². The Kier molecular flexibility index (Phi) is 6.06. The van der Waals surface area contributed by atoms with E-state index >= 15 is 0 Å². The van der Waals surface area contributed by atoms with Gasteiger partial charge >= 0.3 is 0 Å². The van der Waals surface area contributed by atoms with Crippen molar-refractivity contribution in [3.8, 4) is 0 Å². The van der Waals surface area contributed by atoms with Crippen LogP contribution in [0.2, 0.25) is 0 Å². The number of carbonyl (C=O) groups excluding carboxylic acids is 1. The fourth-order valence-electron chi connectivity index (χ4n) is 5.26. The number of likely N-dealkylation sites (tertiary alicyclic amines) is 1. The quantitative estimate of drug-likeness (QED) is 0.651. The number of aromatic nitrogens is 3. The lowest BCUT2D eigenvalue weighted by atomic mass is 9.93. The highest BCUT2D eigenvalue weighted by Gasteiger charge is 2.27. The van der Waals surface area contributed by atoms with Crippen LogP contribution < -0.4 is 5.56 Å². The second-order valence-corrected chi connectivity index (χ2v) is 9.60. The normalized spacial score (nSPS) is 17.5. The van der Waals surface area contributed by atoms with Crippen LogP contribution in [-0.4, -0.2) is 49.9 Å². The fourth-order valence-corrected chi connectivity index (χ4v) is 5.26. The average molecular weight is 448 g/mol. The standard InChI is InChI=1S/C26H33N5O2/c1-3-5-25(32)30-13-10-22-21(17-30)26(33)31-24(27-22)15-23(28-31)20-8-11-29(12-9-20)16-19-7-4-6-18(2)14-19/h4,6-7,14-15,20,28H,3,5,8-13,16-17H2,1-2H3. The monoisotopic (exact) mass is 447 g/mol. The number of piperidine rings is 1. The molecular weight excluding hydrogens is 414 g/mol. The first-order valence-electron chi connectivity index (χ1n) is 12.2. The van der Waals surface area contributed by atoms with E-state index < -0.39 is 0 Å². The number of fused-ring (bicyclic) bond motifs is 2. The summed E-state index contributed by atoms with van der Waals surface area (Å²) >= 11 is 0. The molecule has 1 N–H and O–H groups in total. The Hall–Kier alpha value is -2.93. The Bertz CT molecular complexity index is 1220. The number of H-pyrrole nitrogens is 1. The molecule has 174 valence electrons. The molecule has 1 saturated heterocycles. The van der Waals surface area contributed by atoms with Gasteiger partial charge in [-0.25, -0.2) is 9.50 Å². The van der Waals surface area contributed by atoms with E-state index in [0.717, 1.165) is 50.3 Å². The van der Waals surface area contributed by atoms with Gasteiger partial charge in [-0.15, -0.1) is 0 Å². The molecule has 2 aliphatic heterocycles. The number of nitrogens with zero attached hydrogens (tertiary/aromatic N) is 4. The summed E-state index contributed by atoms with van der Waals surface area (Å²) in [5, 5.41) is 3.34. The highest BCUT2D eigenvalue weighted by molar-refractivity contribution is 5.76. The molecule has 33 heavy (non-hydrogen) atoms. The third-order valence-electron chi connectivity index (χ3n) is 7.11. The minimum absolute atomic E-state index is 0.0628. The molecule has 0 radical (unpaired) electrons. The van der Waals surface area contributed by atoms with E-state index in [0.29, 0.717) is 43.1 Å². The van der Waals surface area contributed by atoms with Gasteiger partial charge in [0.1, 0.15) is 0 Å². The molecule has 7 heteroatoms. The average Bonchev–Trinajstić information content (AvgIpc) is 3.24. The summed E-state index contributed by atoms with van der Waals surface area (Å²) in [4.78, 5) is 34.7. The highest BCUT2D eigenvalue weighted by atomic mass is 16.2. The maximum atomic E-state index is 13.2. The van der Waals surface area contributed by atoms with Crippen molar-refractivity contribution >= 4 is 11.6 Å². The second kappa shape index (κ2) is 9.14. The summed E-state index contributed by atoms with van der Waals surface area (Å²) in [5.41, 5.74) is 5.90. The largest absolute Gasteiger partial charge is 0.338 e. The highest BCUT2D eigenvalue weighted by Crippen LogP contribution is 2.28. The van der Waals surface area contributed by atoms with Crippen LogP contribution in [0.5, 0.6) is 0 Å². The maximum absolute atomic E-state index is 13.2. The zero-order chi connectivity index (χ0) is 22.9. The summed E-state index contributed by atoms with van der Waals surface area (Å²) in [6.45, 7) is 8.23. The number of carbonyl (C=O) groups is 1. The van der Waals surface area contributed by atoms with E-state index in [-0.39, 0.29) is 11.5 Å². The van der Waals surface area contributed by atoms with Gasteiger partial charge in [0.25, 0.3) is 5.56 Å². The summed E-state index contributed by atoms with van der Waals surface area (Å²) in [5.74, 6) is 0.525. The molecule has 7 nitrogen and oxygen atoms in total. The van der Waals surface area contributed by atoms with E-state index in [1.54, 1.807) is 9.42 Å². The Balaban J connectivity index is 1.30. The van der Waals surface area contributed by atoms with Gasteiger partial charge in [-0.2, -0.15) is 0 Å². The molecule has 3 aromatic rings. The molecule has 1 aromatic carbocycles. The molecule has 0 spiro atoms. The van der Waals surface area contributed by atoms with Gasteiger partial charge in [0.05, 0.1) is 17.8 Å². The number of hydrogen-bond acceptors (Lipinski definition) is 4. The summed E-state index contributed by atoms with van der Waals surface area (Å²) < 4.78 is 1.58. The summed E-state index contributed by atoms with van der Waals surface area (Å²) in [6, 6.07) is 10.8. The predicted molar refractivity (Wildman–Crippen MR) is 128 cm³/mol. The van der Waals surface area contributed by atoms with Gasteiger partial charge in [-0.1, -0.05) is 36.8 Å². The van der Waals surface area contributed by atoms with Crippen molar-refractivity contribution in [2.24, 2.45) is 0 Å². The molecule has 4 heterocycles. The molecular formula is C26H33N5O2. The third kappa shape index (κ3) is 4.47. The van der Waals surface area contributed by atoms with Crippen LogP contribution in [0.25, 0.3) is 5.65 Å². The number of benzene rings is 1. The van der Waals surface area contributed by atoms with Crippen molar-refractivity contribution in [1.29, 1.82) is 0 Å². The molecule has 1 fully saturated rings. The first kappa shape index (κ1) is 21.9. The van der Waals surface area contributed by atoms with E-state index in [4.69, 9.17) is 4.98 Å². The number of aromatic amines is 1. The van der Waals surface area contributed by atoms with Crippen molar-refractivity contribution in [2.75, 3.05) is 19.6 Å². The smallest absolute Gasteiger partial charge is 0.277 e. The first-order valence-corrected chi connectivity index (χ1v) is 12.2. The van der Waals surface area contributed by atoms with E-state index in [9.17, 15) is 9.59 Å². The third-order valence-corrected chi connectivity index (χ3v) is 7.11. The summed E-state index contributed by atoms with van der Waals surface area (Å²) in [7, 11) is 0. The fraction of sp³-hybridized carbons (Fsp3) is 0.500. The van der Waals surface area contributed by atoms with Crippen LogP contribution >= 0.6 is 0 Å². The van der Waals surface area contributed by atoms with E-state index in [1.807, 2.05) is 6.92 Å². The Morgan fingerprint density at radius 2 is 2.00 bits per heavy atom. The van der Waals surface area contributed by atoms with Gasteiger partial charge in [0.15, 0.2) is 5.65 Å². The number of rotatable bonds is 5. The van der Waals surface area contributed by atoms with Crippen molar-refractivity contribution in [1.82, 2.24) is 24.4 Å². The molecule has 1 amide bonds. The van der Waals surface area contributed by atoms with Crippen molar-refractivity contribution in [3.05, 3.63) is 68.8 Å². The lowest BCUT2D eigenvalue weighted by molar-refractivity contribution is -0.132. The Morgan fingerprint density at radius 1 is 1.18 bits per heavy atom. The molecule has 0 saturated carbocycles. The molecule has 0 aliphatic carbocycles. The van der Waals surface area contributed by atoms with E-state index in [2.05, 4.69) is 47.3 Å². The first-order chi connectivity index (χ1) is 16.0. The van der Waals surface area contributed by atoms with Crippen molar-refractivity contribution in [2.45, 2.75) is 65.0 Å². The molecule has 0 unspecified atom stereocenters. The number of aryl methyl sites for hydroxylation is 1. The van der Waals surface area contributed by atoms with Crippen LogP contribution in [0.4, 0.5) is 0 Å². The van der Waals surface area contributed by atoms with Gasteiger partial charge < -0.3 is 4.90 Å². The maximum Gasteiger partial charge on any atom is 0.277 e. The SMILES string of the molecule is CCCC(=O)N1CCc2nc3cc(C4CCN(Cc5cccc(C)c5)CC4)[nH]n3c(=O)c2C1. The van der Waals surface area contributed by atoms with Crippen LogP contribution in [0.3, 0.4) is 0 Å². The Morgan fingerprint density at radius 3 is 2.76 bits per heavy atom. The zero-order valence-electron chi connectivity index (χ0n) is 19.6. The van der Waals surface area contributed by atoms with E-state index in [1.165, 1.54) is 11.1 Å². The molecule has 5 rings (SSSR count). The predicted octanol–water partition coefficient (Wildman–Crippen LogP) is 3.40. The summed E-state index contributed by atoms with van der Waals surface area (Å²) in [6.07, 6.45) is 4.12.